The Hall–Kier alpha value is -3.97. The summed E-state index contributed by atoms with van der Waals surface area (Å²) in [6.45, 7) is 3.66. The SMILES string of the molecule is Cc1ccc(NC(=O)C(=O)N/N=C/c2ccc(OC(=O)c3ccccc3C)cc2)cc1Cl. The van der Waals surface area contributed by atoms with Crippen LogP contribution in [0, 0.1) is 13.8 Å². The van der Waals surface area contributed by atoms with Crippen LogP contribution in [0.1, 0.15) is 27.0 Å². The zero-order valence-electron chi connectivity index (χ0n) is 17.4. The molecule has 0 radical (unpaired) electrons. The van der Waals surface area contributed by atoms with E-state index >= 15 is 0 Å². The van der Waals surface area contributed by atoms with Gasteiger partial charge in [-0.05, 0) is 73.0 Å². The minimum absolute atomic E-state index is 0.371. The van der Waals surface area contributed by atoms with E-state index in [2.05, 4.69) is 15.8 Å². The predicted molar refractivity (Wildman–Crippen MR) is 123 cm³/mol. The number of aryl methyl sites for hydroxylation is 2. The maximum atomic E-state index is 12.3. The number of amides is 2. The van der Waals surface area contributed by atoms with Gasteiger partial charge in [-0.25, -0.2) is 10.2 Å². The normalized spacial score (nSPS) is 10.6. The van der Waals surface area contributed by atoms with E-state index in [1.165, 1.54) is 6.21 Å². The number of halogens is 1. The number of nitrogens with one attached hydrogen (secondary N) is 2. The van der Waals surface area contributed by atoms with Gasteiger partial charge in [0.05, 0.1) is 11.8 Å². The fraction of sp³-hybridized carbons (Fsp3) is 0.0833. The first-order valence-electron chi connectivity index (χ1n) is 9.62. The molecule has 0 aliphatic carbocycles. The third kappa shape index (κ3) is 6.02. The van der Waals surface area contributed by atoms with Gasteiger partial charge in [0.25, 0.3) is 0 Å². The van der Waals surface area contributed by atoms with Crippen LogP contribution < -0.4 is 15.5 Å². The average molecular weight is 450 g/mol. The van der Waals surface area contributed by atoms with E-state index in [4.69, 9.17) is 16.3 Å². The molecule has 0 unspecified atom stereocenters. The number of carbonyl (C=O) groups excluding carboxylic acids is 3. The maximum Gasteiger partial charge on any atom is 0.343 e. The second-order valence-corrected chi connectivity index (χ2v) is 7.30. The first-order valence-corrected chi connectivity index (χ1v) is 9.99. The minimum Gasteiger partial charge on any atom is -0.423 e. The van der Waals surface area contributed by atoms with Gasteiger partial charge in [0.2, 0.25) is 0 Å². The van der Waals surface area contributed by atoms with Crippen molar-refractivity contribution in [2.75, 3.05) is 5.32 Å². The summed E-state index contributed by atoms with van der Waals surface area (Å²) in [5.74, 6) is -1.88. The zero-order valence-corrected chi connectivity index (χ0v) is 18.1. The summed E-state index contributed by atoms with van der Waals surface area (Å²) in [6, 6.07) is 18.6. The number of carbonyl (C=O) groups is 3. The number of esters is 1. The van der Waals surface area contributed by atoms with Gasteiger partial charge in [0, 0.05) is 10.7 Å². The van der Waals surface area contributed by atoms with Gasteiger partial charge < -0.3 is 10.1 Å². The first-order chi connectivity index (χ1) is 15.3. The molecule has 0 spiro atoms. The Bertz CT molecular complexity index is 1190. The van der Waals surface area contributed by atoms with Crippen LogP contribution in [-0.4, -0.2) is 24.0 Å². The van der Waals surface area contributed by atoms with Crippen LogP contribution in [0.5, 0.6) is 5.75 Å². The molecule has 0 saturated carbocycles. The summed E-state index contributed by atoms with van der Waals surface area (Å²) in [4.78, 5) is 36.1. The number of anilines is 1. The molecule has 7 nitrogen and oxygen atoms in total. The summed E-state index contributed by atoms with van der Waals surface area (Å²) in [5.41, 5.74) is 5.36. The average Bonchev–Trinajstić information content (AvgIpc) is 2.77. The number of benzene rings is 3. The molecule has 0 bridgehead atoms. The highest BCUT2D eigenvalue weighted by Gasteiger charge is 2.13. The summed E-state index contributed by atoms with van der Waals surface area (Å²) in [5, 5.41) is 6.69. The topological polar surface area (TPSA) is 96.9 Å². The number of hydrazone groups is 1. The predicted octanol–water partition coefficient (Wildman–Crippen LogP) is 4.26. The van der Waals surface area contributed by atoms with Gasteiger partial charge >= 0.3 is 17.8 Å². The van der Waals surface area contributed by atoms with Crippen LogP contribution in [0.3, 0.4) is 0 Å². The molecule has 2 N–H and O–H groups in total. The lowest BCUT2D eigenvalue weighted by Crippen LogP contribution is -2.32. The van der Waals surface area contributed by atoms with Crippen molar-refractivity contribution in [1.29, 1.82) is 0 Å². The van der Waals surface area contributed by atoms with Crippen molar-refractivity contribution < 1.29 is 19.1 Å². The molecule has 3 aromatic rings. The van der Waals surface area contributed by atoms with E-state index in [0.29, 0.717) is 27.6 Å². The second-order valence-electron chi connectivity index (χ2n) is 6.89. The third-order valence-electron chi connectivity index (χ3n) is 4.47. The van der Waals surface area contributed by atoms with Crippen LogP contribution in [0.15, 0.2) is 71.8 Å². The van der Waals surface area contributed by atoms with Crippen molar-refractivity contribution in [3.63, 3.8) is 0 Å². The molecule has 0 aromatic heterocycles. The van der Waals surface area contributed by atoms with E-state index in [1.807, 2.05) is 26.0 Å². The maximum absolute atomic E-state index is 12.3. The minimum atomic E-state index is -0.929. The number of hydrogen-bond donors (Lipinski definition) is 2. The largest absolute Gasteiger partial charge is 0.423 e. The Labute approximate surface area is 190 Å². The summed E-state index contributed by atoms with van der Waals surface area (Å²) < 4.78 is 5.37. The Morgan fingerprint density at radius 3 is 2.31 bits per heavy atom. The van der Waals surface area contributed by atoms with Crippen LogP contribution in [0.25, 0.3) is 0 Å². The van der Waals surface area contributed by atoms with Crippen molar-refractivity contribution in [1.82, 2.24) is 5.43 Å². The van der Waals surface area contributed by atoms with E-state index in [-0.39, 0.29) is 0 Å². The summed E-state index contributed by atoms with van der Waals surface area (Å²) in [7, 11) is 0. The zero-order chi connectivity index (χ0) is 23.1. The molecule has 2 amide bonds. The fourth-order valence-electron chi connectivity index (χ4n) is 2.66. The fourth-order valence-corrected chi connectivity index (χ4v) is 2.84. The van der Waals surface area contributed by atoms with E-state index in [1.54, 1.807) is 54.6 Å². The number of rotatable bonds is 5. The van der Waals surface area contributed by atoms with Crippen LogP contribution >= 0.6 is 11.6 Å². The van der Waals surface area contributed by atoms with Crippen molar-refractivity contribution in [2.24, 2.45) is 5.10 Å². The molecular formula is C24H20ClN3O4. The van der Waals surface area contributed by atoms with Gasteiger partial charge in [-0.1, -0.05) is 35.9 Å². The van der Waals surface area contributed by atoms with Gasteiger partial charge in [-0.2, -0.15) is 5.10 Å². The van der Waals surface area contributed by atoms with Crippen molar-refractivity contribution in [3.8, 4) is 5.75 Å². The molecule has 0 atom stereocenters. The highest BCUT2D eigenvalue weighted by molar-refractivity contribution is 6.39. The Morgan fingerprint density at radius 1 is 0.906 bits per heavy atom. The molecule has 8 heteroatoms. The summed E-state index contributed by atoms with van der Waals surface area (Å²) in [6.07, 6.45) is 1.36. The monoisotopic (exact) mass is 449 g/mol. The van der Waals surface area contributed by atoms with E-state index in [9.17, 15) is 14.4 Å². The standard InChI is InChI=1S/C24H20ClN3O4/c1-15-5-3-4-6-20(15)24(31)32-19-11-8-17(9-12-19)14-26-28-23(30)22(29)27-18-10-7-16(2)21(25)13-18/h3-14H,1-2H3,(H,27,29)(H,28,30)/b26-14+. The van der Waals surface area contributed by atoms with Crippen LogP contribution in [0.2, 0.25) is 5.02 Å². The smallest absolute Gasteiger partial charge is 0.343 e. The lowest BCUT2D eigenvalue weighted by Gasteiger charge is -2.07. The van der Waals surface area contributed by atoms with Crippen molar-refractivity contribution >= 4 is 41.3 Å². The Morgan fingerprint density at radius 2 is 1.62 bits per heavy atom. The van der Waals surface area contributed by atoms with Gasteiger partial charge in [-0.3, -0.25) is 9.59 Å². The number of ether oxygens (including phenoxy) is 1. The summed E-state index contributed by atoms with van der Waals surface area (Å²) >= 11 is 6.00. The number of hydrogen-bond acceptors (Lipinski definition) is 5. The molecule has 0 aliphatic rings. The lowest BCUT2D eigenvalue weighted by atomic mass is 10.1. The highest BCUT2D eigenvalue weighted by Crippen LogP contribution is 2.20. The van der Waals surface area contributed by atoms with Crippen LogP contribution in [0.4, 0.5) is 5.69 Å². The van der Waals surface area contributed by atoms with Gasteiger partial charge in [-0.15, -0.1) is 0 Å². The first kappa shape index (κ1) is 22.7. The third-order valence-corrected chi connectivity index (χ3v) is 4.88. The molecule has 0 aliphatic heterocycles. The Kier molecular flexibility index (Phi) is 7.36. The number of nitrogens with zero attached hydrogens (tertiary/aromatic N) is 1. The molecular weight excluding hydrogens is 430 g/mol. The van der Waals surface area contributed by atoms with E-state index < -0.39 is 17.8 Å². The molecule has 3 aromatic carbocycles. The molecule has 162 valence electrons. The van der Waals surface area contributed by atoms with E-state index in [0.717, 1.165) is 11.1 Å². The molecule has 0 fully saturated rings. The van der Waals surface area contributed by atoms with Crippen molar-refractivity contribution in [3.05, 3.63) is 94.0 Å². The molecule has 32 heavy (non-hydrogen) atoms. The van der Waals surface area contributed by atoms with Crippen molar-refractivity contribution in [2.45, 2.75) is 13.8 Å². The quantitative estimate of drug-likeness (QED) is 0.200. The molecule has 0 saturated heterocycles. The van der Waals surface area contributed by atoms with Gasteiger partial charge in [0.1, 0.15) is 5.75 Å². The molecule has 3 rings (SSSR count). The van der Waals surface area contributed by atoms with Crippen LogP contribution in [-0.2, 0) is 9.59 Å². The Balaban J connectivity index is 1.52. The molecule has 0 heterocycles. The second kappa shape index (κ2) is 10.4. The highest BCUT2D eigenvalue weighted by atomic mass is 35.5. The van der Waals surface area contributed by atoms with Gasteiger partial charge in [0.15, 0.2) is 0 Å². The lowest BCUT2D eigenvalue weighted by molar-refractivity contribution is -0.136.